The molecule has 9 nitrogen and oxygen atoms in total. The van der Waals surface area contributed by atoms with Crippen LogP contribution in [0, 0.1) is 0 Å². The van der Waals surface area contributed by atoms with Gasteiger partial charge in [-0.3, -0.25) is 9.59 Å². The van der Waals surface area contributed by atoms with E-state index in [1.54, 1.807) is 36.4 Å². The summed E-state index contributed by atoms with van der Waals surface area (Å²) >= 11 is 0. The summed E-state index contributed by atoms with van der Waals surface area (Å²) in [5.74, 6) is 0.783. The Bertz CT molecular complexity index is 1110. The molecule has 1 aliphatic heterocycles. The average Bonchev–Trinajstić information content (AvgIpc) is 2.79. The van der Waals surface area contributed by atoms with Crippen molar-refractivity contribution in [2.24, 2.45) is 0 Å². The lowest BCUT2D eigenvalue weighted by atomic mass is 10.1. The Balaban J connectivity index is 1.73. The van der Waals surface area contributed by atoms with Crippen LogP contribution in [0.25, 0.3) is 0 Å². The SMILES string of the molecule is COc1cccc(CN(C(=O)CCC(=O)c2ccc3c(c2)OCCO3)S(C)(=O)=O)c1OC. The quantitative estimate of drug-likeness (QED) is 0.522. The van der Waals surface area contributed by atoms with Crippen molar-refractivity contribution in [1.82, 2.24) is 4.31 Å². The summed E-state index contributed by atoms with van der Waals surface area (Å²) in [6.07, 6.45) is 0.520. The molecule has 3 rings (SSSR count). The van der Waals surface area contributed by atoms with Gasteiger partial charge < -0.3 is 18.9 Å². The zero-order valence-corrected chi connectivity index (χ0v) is 18.9. The predicted octanol–water partition coefficient (Wildman–Crippen LogP) is 2.43. The van der Waals surface area contributed by atoms with Gasteiger partial charge in [-0.15, -0.1) is 0 Å². The number of rotatable bonds is 9. The first-order valence-corrected chi connectivity index (χ1v) is 11.7. The summed E-state index contributed by atoms with van der Waals surface area (Å²) in [6, 6.07) is 9.79. The second kappa shape index (κ2) is 9.90. The van der Waals surface area contributed by atoms with Crippen LogP contribution in [-0.4, -0.2) is 58.1 Å². The summed E-state index contributed by atoms with van der Waals surface area (Å²) in [5, 5.41) is 0. The van der Waals surface area contributed by atoms with Gasteiger partial charge in [-0.1, -0.05) is 12.1 Å². The number of Topliss-reactive ketones (excluding diaryl/α,β-unsaturated/α-hetero) is 1. The molecule has 0 radical (unpaired) electrons. The molecule has 0 unspecified atom stereocenters. The van der Waals surface area contributed by atoms with Crippen molar-refractivity contribution in [3.63, 3.8) is 0 Å². The first-order valence-electron chi connectivity index (χ1n) is 9.88. The van der Waals surface area contributed by atoms with Crippen LogP contribution in [0.15, 0.2) is 36.4 Å². The summed E-state index contributed by atoms with van der Waals surface area (Å²) < 4.78 is 46.9. The minimum atomic E-state index is -3.89. The molecule has 172 valence electrons. The van der Waals surface area contributed by atoms with Gasteiger partial charge in [0.15, 0.2) is 28.8 Å². The van der Waals surface area contributed by atoms with Crippen LogP contribution in [0.3, 0.4) is 0 Å². The van der Waals surface area contributed by atoms with Gasteiger partial charge in [0.1, 0.15) is 13.2 Å². The summed E-state index contributed by atoms with van der Waals surface area (Å²) in [4.78, 5) is 25.4. The molecule has 32 heavy (non-hydrogen) atoms. The normalized spacial score (nSPS) is 12.7. The number of hydrogen-bond donors (Lipinski definition) is 0. The molecule has 0 atom stereocenters. The number of hydrogen-bond acceptors (Lipinski definition) is 8. The Labute approximate surface area is 186 Å². The molecule has 1 heterocycles. The molecule has 0 fully saturated rings. The van der Waals surface area contributed by atoms with Crippen molar-refractivity contribution in [2.75, 3.05) is 33.7 Å². The van der Waals surface area contributed by atoms with Crippen molar-refractivity contribution in [3.05, 3.63) is 47.5 Å². The molecule has 0 bridgehead atoms. The molecule has 10 heteroatoms. The van der Waals surface area contributed by atoms with Crippen molar-refractivity contribution in [2.45, 2.75) is 19.4 Å². The summed E-state index contributed by atoms with van der Waals surface area (Å²) in [6.45, 7) is 0.588. The van der Waals surface area contributed by atoms with E-state index in [9.17, 15) is 18.0 Å². The fourth-order valence-electron chi connectivity index (χ4n) is 3.33. The first-order chi connectivity index (χ1) is 15.2. The largest absolute Gasteiger partial charge is 0.493 e. The van der Waals surface area contributed by atoms with E-state index in [-0.39, 0.29) is 25.2 Å². The molecule has 1 amide bonds. The number of ketones is 1. The highest BCUT2D eigenvalue weighted by molar-refractivity contribution is 7.88. The minimum Gasteiger partial charge on any atom is -0.493 e. The van der Waals surface area contributed by atoms with E-state index in [0.717, 1.165) is 10.6 Å². The van der Waals surface area contributed by atoms with E-state index < -0.39 is 15.9 Å². The number of fused-ring (bicyclic) bond motifs is 1. The van der Waals surface area contributed by atoms with Crippen molar-refractivity contribution >= 4 is 21.7 Å². The van der Waals surface area contributed by atoms with Crippen LogP contribution >= 0.6 is 0 Å². The number of methoxy groups -OCH3 is 2. The molecule has 0 N–H and O–H groups in total. The second-order valence-electron chi connectivity index (χ2n) is 7.10. The number of amides is 1. The molecule has 0 saturated carbocycles. The highest BCUT2D eigenvalue weighted by Gasteiger charge is 2.26. The number of para-hydroxylation sites is 1. The van der Waals surface area contributed by atoms with E-state index in [0.29, 0.717) is 47.3 Å². The first kappa shape index (κ1) is 23.4. The van der Waals surface area contributed by atoms with Gasteiger partial charge in [-0.2, -0.15) is 0 Å². The van der Waals surface area contributed by atoms with Crippen LogP contribution < -0.4 is 18.9 Å². The zero-order chi connectivity index (χ0) is 23.3. The Morgan fingerprint density at radius 2 is 1.72 bits per heavy atom. The summed E-state index contributed by atoms with van der Waals surface area (Å²) in [5.41, 5.74) is 0.825. The van der Waals surface area contributed by atoms with Crippen LogP contribution in [-0.2, 0) is 21.4 Å². The third-order valence-electron chi connectivity index (χ3n) is 4.91. The highest BCUT2D eigenvalue weighted by atomic mass is 32.2. The third kappa shape index (κ3) is 5.31. The number of carbonyl (C=O) groups is 2. The van der Waals surface area contributed by atoms with Crippen LogP contribution in [0.1, 0.15) is 28.8 Å². The molecule has 0 aromatic heterocycles. The van der Waals surface area contributed by atoms with E-state index in [4.69, 9.17) is 18.9 Å². The third-order valence-corrected chi connectivity index (χ3v) is 6.04. The van der Waals surface area contributed by atoms with E-state index >= 15 is 0 Å². The molecule has 0 aliphatic carbocycles. The predicted molar refractivity (Wildman–Crippen MR) is 116 cm³/mol. The number of sulfonamides is 1. The van der Waals surface area contributed by atoms with Crippen molar-refractivity contribution in [1.29, 1.82) is 0 Å². The number of benzene rings is 2. The topological polar surface area (TPSA) is 108 Å². The Morgan fingerprint density at radius 1 is 1.00 bits per heavy atom. The maximum Gasteiger partial charge on any atom is 0.236 e. The molecule has 2 aromatic rings. The van der Waals surface area contributed by atoms with Gasteiger partial charge in [-0.25, -0.2) is 12.7 Å². The fraction of sp³-hybridized carbons (Fsp3) is 0.364. The van der Waals surface area contributed by atoms with Crippen LogP contribution in [0.5, 0.6) is 23.0 Å². The zero-order valence-electron chi connectivity index (χ0n) is 18.1. The average molecular weight is 464 g/mol. The smallest absolute Gasteiger partial charge is 0.236 e. The molecule has 1 aliphatic rings. The molecule has 0 saturated heterocycles. The molecule has 0 spiro atoms. The highest BCUT2D eigenvalue weighted by Crippen LogP contribution is 2.33. The maximum atomic E-state index is 12.8. The minimum absolute atomic E-state index is 0.153. The number of carbonyl (C=O) groups excluding carboxylic acids is 2. The van der Waals surface area contributed by atoms with Gasteiger partial charge in [0.25, 0.3) is 0 Å². The van der Waals surface area contributed by atoms with Gasteiger partial charge in [0, 0.05) is 24.0 Å². The molecule has 2 aromatic carbocycles. The molecular formula is C22H25NO8S. The van der Waals surface area contributed by atoms with Crippen molar-refractivity contribution in [3.8, 4) is 23.0 Å². The lowest BCUT2D eigenvalue weighted by Crippen LogP contribution is -2.35. The summed E-state index contributed by atoms with van der Waals surface area (Å²) in [7, 11) is -0.998. The van der Waals surface area contributed by atoms with E-state index in [1.165, 1.54) is 14.2 Å². The fourth-order valence-corrected chi connectivity index (χ4v) is 4.16. The van der Waals surface area contributed by atoms with Gasteiger partial charge in [0.05, 0.1) is 27.0 Å². The standard InChI is InChI=1S/C22H25NO8S/c1-28-19-6-4-5-16(22(19)29-2)14-23(32(3,26)27)21(25)10-8-17(24)15-7-9-18-20(13-15)31-12-11-30-18/h4-7,9,13H,8,10-12,14H2,1-3H3. The number of nitrogens with zero attached hydrogens (tertiary/aromatic N) is 1. The van der Waals surface area contributed by atoms with Gasteiger partial charge >= 0.3 is 0 Å². The lowest BCUT2D eigenvalue weighted by Gasteiger charge is -2.22. The van der Waals surface area contributed by atoms with Crippen LogP contribution in [0.4, 0.5) is 0 Å². The number of ether oxygens (including phenoxy) is 4. The monoisotopic (exact) mass is 463 g/mol. The maximum absolute atomic E-state index is 12.8. The Hall–Kier alpha value is -3.27. The van der Waals surface area contributed by atoms with Crippen molar-refractivity contribution < 1.29 is 37.0 Å². The van der Waals surface area contributed by atoms with Gasteiger partial charge in [-0.05, 0) is 24.3 Å². The van der Waals surface area contributed by atoms with E-state index in [2.05, 4.69) is 0 Å². The molecular weight excluding hydrogens is 438 g/mol. The Morgan fingerprint density at radius 3 is 2.38 bits per heavy atom. The second-order valence-corrected chi connectivity index (χ2v) is 9.00. The Kier molecular flexibility index (Phi) is 7.24. The lowest BCUT2D eigenvalue weighted by molar-refractivity contribution is -0.126. The van der Waals surface area contributed by atoms with E-state index in [1.807, 2.05) is 0 Å². The van der Waals surface area contributed by atoms with Crippen LogP contribution in [0.2, 0.25) is 0 Å². The van der Waals surface area contributed by atoms with Gasteiger partial charge in [0.2, 0.25) is 15.9 Å².